The Balaban J connectivity index is 1.76. The molecule has 0 spiro atoms. The monoisotopic (exact) mass is 403 g/mol. The van der Waals surface area contributed by atoms with E-state index in [1.54, 1.807) is 34.7 Å². The SMILES string of the molecule is CCn1c(=O)c2ccccc2n2c(CNc3ccccc3OC(F)(F)F)nnc12. The van der Waals surface area contributed by atoms with Gasteiger partial charge in [0.15, 0.2) is 11.6 Å². The molecular formula is C19H16F3N5O2. The lowest BCUT2D eigenvalue weighted by atomic mass is 10.2. The summed E-state index contributed by atoms with van der Waals surface area (Å²) in [6.07, 6.45) is -4.80. The fraction of sp³-hybridized carbons (Fsp3) is 0.211. The molecule has 29 heavy (non-hydrogen) atoms. The molecule has 4 rings (SSSR count). The van der Waals surface area contributed by atoms with Crippen molar-refractivity contribution in [3.05, 3.63) is 64.7 Å². The largest absolute Gasteiger partial charge is 0.573 e. The van der Waals surface area contributed by atoms with E-state index >= 15 is 0 Å². The first kappa shape index (κ1) is 18.8. The number of nitrogens with one attached hydrogen (secondary N) is 1. The molecule has 0 saturated carbocycles. The molecule has 2 aromatic carbocycles. The molecule has 0 unspecified atom stereocenters. The van der Waals surface area contributed by atoms with Gasteiger partial charge in [-0.25, -0.2) is 0 Å². The van der Waals surface area contributed by atoms with E-state index in [0.717, 1.165) is 0 Å². The van der Waals surface area contributed by atoms with Crippen molar-refractivity contribution in [2.75, 3.05) is 5.32 Å². The van der Waals surface area contributed by atoms with E-state index in [2.05, 4.69) is 20.3 Å². The summed E-state index contributed by atoms with van der Waals surface area (Å²) in [4.78, 5) is 12.7. The average Bonchev–Trinajstić information content (AvgIpc) is 3.10. The topological polar surface area (TPSA) is 73.5 Å². The Morgan fingerprint density at radius 3 is 2.55 bits per heavy atom. The van der Waals surface area contributed by atoms with Crippen LogP contribution in [0, 0.1) is 0 Å². The Labute approximate surface area is 162 Å². The number of alkyl halides is 3. The van der Waals surface area contributed by atoms with Gasteiger partial charge in [-0.05, 0) is 31.2 Å². The van der Waals surface area contributed by atoms with E-state index in [-0.39, 0.29) is 23.5 Å². The normalized spacial score (nSPS) is 11.9. The Morgan fingerprint density at radius 2 is 1.79 bits per heavy atom. The average molecular weight is 403 g/mol. The Morgan fingerprint density at radius 1 is 1.07 bits per heavy atom. The van der Waals surface area contributed by atoms with Crippen molar-refractivity contribution in [3.8, 4) is 5.75 Å². The fourth-order valence-electron chi connectivity index (χ4n) is 3.21. The third-order valence-corrected chi connectivity index (χ3v) is 4.44. The summed E-state index contributed by atoms with van der Waals surface area (Å²) in [5.74, 6) is 0.470. The molecule has 0 fully saturated rings. The third-order valence-electron chi connectivity index (χ3n) is 4.44. The summed E-state index contributed by atoms with van der Waals surface area (Å²) >= 11 is 0. The van der Waals surface area contributed by atoms with Gasteiger partial charge in [0, 0.05) is 6.54 Å². The quantitative estimate of drug-likeness (QED) is 0.552. The lowest BCUT2D eigenvalue weighted by Crippen LogP contribution is -2.23. The van der Waals surface area contributed by atoms with Gasteiger partial charge in [0.25, 0.3) is 5.56 Å². The summed E-state index contributed by atoms with van der Waals surface area (Å²) in [6, 6.07) is 12.8. The number of aryl methyl sites for hydroxylation is 1. The van der Waals surface area contributed by atoms with Crippen molar-refractivity contribution in [3.63, 3.8) is 0 Å². The van der Waals surface area contributed by atoms with E-state index < -0.39 is 6.36 Å². The lowest BCUT2D eigenvalue weighted by molar-refractivity contribution is -0.274. The highest BCUT2D eigenvalue weighted by Gasteiger charge is 2.32. The number of benzene rings is 2. The van der Waals surface area contributed by atoms with Crippen LogP contribution in [0.2, 0.25) is 0 Å². The molecule has 0 atom stereocenters. The van der Waals surface area contributed by atoms with E-state index in [9.17, 15) is 18.0 Å². The molecule has 1 N–H and O–H groups in total. The van der Waals surface area contributed by atoms with Gasteiger partial charge in [0.05, 0.1) is 23.1 Å². The molecule has 150 valence electrons. The second-order valence-electron chi connectivity index (χ2n) is 6.22. The van der Waals surface area contributed by atoms with Gasteiger partial charge >= 0.3 is 6.36 Å². The summed E-state index contributed by atoms with van der Waals surface area (Å²) in [5, 5.41) is 11.7. The lowest BCUT2D eigenvalue weighted by Gasteiger charge is -2.14. The summed E-state index contributed by atoms with van der Waals surface area (Å²) in [7, 11) is 0. The summed E-state index contributed by atoms with van der Waals surface area (Å²) in [5.41, 5.74) is 0.611. The van der Waals surface area contributed by atoms with Crippen LogP contribution >= 0.6 is 0 Å². The number of hydrogen-bond donors (Lipinski definition) is 1. The van der Waals surface area contributed by atoms with Crippen molar-refractivity contribution < 1.29 is 17.9 Å². The molecule has 0 aliphatic carbocycles. The molecule has 0 saturated heterocycles. The summed E-state index contributed by atoms with van der Waals surface area (Å²) in [6.45, 7) is 2.31. The number of aromatic nitrogens is 4. The minimum absolute atomic E-state index is 0.0747. The zero-order valence-electron chi connectivity index (χ0n) is 15.3. The first-order chi connectivity index (χ1) is 13.9. The number of para-hydroxylation sites is 3. The van der Waals surface area contributed by atoms with Gasteiger partial charge < -0.3 is 10.1 Å². The van der Waals surface area contributed by atoms with Crippen molar-refractivity contribution >= 4 is 22.4 Å². The molecule has 0 aliphatic heterocycles. The van der Waals surface area contributed by atoms with Crippen LogP contribution in [0.15, 0.2) is 53.3 Å². The highest BCUT2D eigenvalue weighted by atomic mass is 19.4. The van der Waals surface area contributed by atoms with Crippen LogP contribution in [0.4, 0.5) is 18.9 Å². The van der Waals surface area contributed by atoms with E-state index in [1.165, 1.54) is 22.8 Å². The van der Waals surface area contributed by atoms with Gasteiger partial charge in [-0.3, -0.25) is 13.8 Å². The number of rotatable bonds is 5. The molecule has 4 aromatic rings. The van der Waals surface area contributed by atoms with E-state index in [4.69, 9.17) is 0 Å². The number of halogens is 3. The Bertz CT molecular complexity index is 1250. The molecule has 2 heterocycles. The molecule has 2 aromatic heterocycles. The van der Waals surface area contributed by atoms with Crippen LogP contribution in [0.1, 0.15) is 12.7 Å². The van der Waals surface area contributed by atoms with Crippen molar-refractivity contribution in [1.29, 1.82) is 0 Å². The standard InChI is InChI=1S/C19H16F3N5O2/c1-2-26-17(28)12-7-3-5-9-14(12)27-16(24-25-18(26)27)11-23-13-8-4-6-10-15(13)29-19(20,21)22/h3-10,23H,2,11H2,1H3. The maximum Gasteiger partial charge on any atom is 0.573 e. The van der Waals surface area contributed by atoms with Crippen LogP contribution < -0.4 is 15.6 Å². The minimum Gasteiger partial charge on any atom is -0.404 e. The van der Waals surface area contributed by atoms with Gasteiger partial charge in [-0.15, -0.1) is 23.4 Å². The molecule has 0 aliphatic rings. The predicted octanol–water partition coefficient (Wildman–Crippen LogP) is 3.57. The zero-order valence-corrected chi connectivity index (χ0v) is 15.3. The minimum atomic E-state index is -4.80. The zero-order chi connectivity index (χ0) is 20.6. The highest BCUT2D eigenvalue weighted by Crippen LogP contribution is 2.30. The molecule has 7 nitrogen and oxygen atoms in total. The summed E-state index contributed by atoms with van der Waals surface area (Å²) < 4.78 is 45.2. The molecular weight excluding hydrogens is 387 g/mol. The van der Waals surface area contributed by atoms with Gasteiger partial charge in [0.1, 0.15) is 0 Å². The number of ether oxygens (including phenoxy) is 1. The first-order valence-electron chi connectivity index (χ1n) is 8.83. The smallest absolute Gasteiger partial charge is 0.404 e. The van der Waals surface area contributed by atoms with E-state index in [1.807, 2.05) is 6.92 Å². The maximum absolute atomic E-state index is 12.7. The van der Waals surface area contributed by atoms with Gasteiger partial charge in [-0.2, -0.15) is 0 Å². The molecule has 0 radical (unpaired) electrons. The fourth-order valence-corrected chi connectivity index (χ4v) is 3.21. The van der Waals surface area contributed by atoms with Gasteiger partial charge in [-0.1, -0.05) is 24.3 Å². The van der Waals surface area contributed by atoms with E-state index in [0.29, 0.717) is 29.0 Å². The Hall–Kier alpha value is -3.56. The third kappa shape index (κ3) is 3.48. The van der Waals surface area contributed by atoms with Crippen LogP contribution in [0.25, 0.3) is 16.7 Å². The van der Waals surface area contributed by atoms with Crippen molar-refractivity contribution in [2.24, 2.45) is 0 Å². The maximum atomic E-state index is 12.7. The van der Waals surface area contributed by atoms with Crippen molar-refractivity contribution in [1.82, 2.24) is 19.2 Å². The predicted molar refractivity (Wildman–Crippen MR) is 101 cm³/mol. The second kappa shape index (κ2) is 7.12. The van der Waals surface area contributed by atoms with Crippen LogP contribution in [-0.4, -0.2) is 25.5 Å². The van der Waals surface area contributed by atoms with Crippen LogP contribution in [0.5, 0.6) is 5.75 Å². The molecule has 0 amide bonds. The van der Waals surface area contributed by atoms with Crippen LogP contribution in [0.3, 0.4) is 0 Å². The second-order valence-corrected chi connectivity index (χ2v) is 6.22. The molecule has 10 heteroatoms. The van der Waals surface area contributed by atoms with Gasteiger partial charge in [0.2, 0.25) is 5.78 Å². The Kier molecular flexibility index (Phi) is 4.61. The number of nitrogens with zero attached hydrogens (tertiary/aromatic N) is 4. The highest BCUT2D eigenvalue weighted by molar-refractivity contribution is 5.80. The van der Waals surface area contributed by atoms with Crippen molar-refractivity contribution in [2.45, 2.75) is 26.4 Å². The number of fused-ring (bicyclic) bond motifs is 3. The number of anilines is 1. The van der Waals surface area contributed by atoms with Crippen LogP contribution in [-0.2, 0) is 13.1 Å². The number of hydrogen-bond acceptors (Lipinski definition) is 5. The molecule has 0 bridgehead atoms. The first-order valence-corrected chi connectivity index (χ1v) is 8.83.